The van der Waals surface area contributed by atoms with Crippen molar-refractivity contribution in [3.05, 3.63) is 17.6 Å². The first-order chi connectivity index (χ1) is 7.19. The summed E-state index contributed by atoms with van der Waals surface area (Å²) in [7, 11) is 0. The molecule has 1 aromatic rings. The van der Waals surface area contributed by atoms with Crippen molar-refractivity contribution in [2.75, 3.05) is 5.32 Å². The van der Waals surface area contributed by atoms with Crippen LogP contribution in [0.15, 0.2) is 6.07 Å². The zero-order chi connectivity index (χ0) is 10.8. The molecule has 0 amide bonds. The molecule has 3 N–H and O–H groups in total. The molecule has 0 unspecified atom stereocenters. The Morgan fingerprint density at radius 1 is 1.47 bits per heavy atom. The normalized spacial score (nSPS) is 15.7. The molecule has 4 nitrogen and oxygen atoms in total. The minimum absolute atomic E-state index is 0.344. The molecule has 0 saturated heterocycles. The van der Waals surface area contributed by atoms with Crippen LogP contribution in [0.2, 0.25) is 0 Å². The maximum absolute atomic E-state index is 5.62. The third-order valence-electron chi connectivity index (χ3n) is 2.45. The Balaban J connectivity index is 2.23. The molecule has 1 fully saturated rings. The maximum atomic E-state index is 5.62. The molecule has 82 valence electrons. The highest BCUT2D eigenvalue weighted by molar-refractivity contribution is 5.38. The first-order valence-corrected chi connectivity index (χ1v) is 5.53. The Bertz CT molecular complexity index is 344. The van der Waals surface area contributed by atoms with Crippen LogP contribution in [0.3, 0.4) is 0 Å². The van der Waals surface area contributed by atoms with E-state index in [9.17, 15) is 0 Å². The molecule has 1 aliphatic rings. The molecule has 0 aromatic carbocycles. The average molecular weight is 206 g/mol. The second kappa shape index (κ2) is 4.14. The molecular formula is C11H18N4. The number of aromatic nitrogens is 2. The molecule has 0 spiro atoms. The lowest BCUT2D eigenvalue weighted by Crippen LogP contribution is -2.10. The largest absolute Gasteiger partial charge is 0.367 e. The molecule has 2 rings (SSSR count). The topological polar surface area (TPSA) is 63.8 Å². The maximum Gasteiger partial charge on any atom is 0.133 e. The van der Waals surface area contributed by atoms with Crippen LogP contribution in [0, 0.1) is 0 Å². The van der Waals surface area contributed by atoms with E-state index < -0.39 is 0 Å². The number of hydrogen-bond acceptors (Lipinski definition) is 4. The van der Waals surface area contributed by atoms with Gasteiger partial charge in [-0.05, 0) is 12.8 Å². The molecule has 0 atom stereocenters. The lowest BCUT2D eigenvalue weighted by Gasteiger charge is -2.10. The number of anilines is 1. The summed E-state index contributed by atoms with van der Waals surface area (Å²) in [6.07, 6.45) is 2.50. The van der Waals surface area contributed by atoms with Crippen molar-refractivity contribution in [1.82, 2.24) is 9.97 Å². The Morgan fingerprint density at radius 2 is 2.20 bits per heavy atom. The fraction of sp³-hybridized carbons (Fsp3) is 0.636. The molecule has 0 radical (unpaired) electrons. The second-order valence-electron chi connectivity index (χ2n) is 4.38. The third-order valence-corrected chi connectivity index (χ3v) is 2.45. The van der Waals surface area contributed by atoms with Gasteiger partial charge >= 0.3 is 0 Å². The van der Waals surface area contributed by atoms with Crippen molar-refractivity contribution in [3.63, 3.8) is 0 Å². The zero-order valence-corrected chi connectivity index (χ0v) is 9.33. The van der Waals surface area contributed by atoms with Gasteiger partial charge in [0.2, 0.25) is 0 Å². The predicted octanol–water partition coefficient (Wildman–Crippen LogP) is 1.63. The van der Waals surface area contributed by atoms with Crippen LogP contribution in [0.5, 0.6) is 0 Å². The van der Waals surface area contributed by atoms with Crippen LogP contribution in [-0.4, -0.2) is 16.0 Å². The monoisotopic (exact) mass is 206 g/mol. The van der Waals surface area contributed by atoms with Crippen LogP contribution in [0.1, 0.15) is 44.1 Å². The summed E-state index contributed by atoms with van der Waals surface area (Å²) in [6.45, 7) is 4.66. The van der Waals surface area contributed by atoms with E-state index in [-0.39, 0.29) is 0 Å². The van der Waals surface area contributed by atoms with Crippen molar-refractivity contribution >= 4 is 5.82 Å². The van der Waals surface area contributed by atoms with Gasteiger partial charge in [-0.15, -0.1) is 0 Å². The average Bonchev–Trinajstić information content (AvgIpc) is 3.01. The standard InChI is InChI=1S/C11H18N4/c1-7(2)11-14-9(6-12)5-10(15-11)13-8-3-4-8/h5,7-8H,3-4,6,12H2,1-2H3,(H,13,14,15). The fourth-order valence-corrected chi connectivity index (χ4v) is 1.39. The van der Waals surface area contributed by atoms with E-state index in [1.165, 1.54) is 12.8 Å². The summed E-state index contributed by atoms with van der Waals surface area (Å²) in [5.41, 5.74) is 6.53. The SMILES string of the molecule is CC(C)c1nc(CN)cc(NC2CC2)n1. The van der Waals surface area contributed by atoms with Gasteiger partial charge in [0, 0.05) is 24.6 Å². The van der Waals surface area contributed by atoms with Crippen LogP contribution in [-0.2, 0) is 6.54 Å². The molecule has 1 aromatic heterocycles. The van der Waals surface area contributed by atoms with E-state index in [1.54, 1.807) is 0 Å². The van der Waals surface area contributed by atoms with Gasteiger partial charge < -0.3 is 11.1 Å². The van der Waals surface area contributed by atoms with E-state index in [4.69, 9.17) is 5.73 Å². The number of nitrogens with zero attached hydrogens (tertiary/aromatic N) is 2. The van der Waals surface area contributed by atoms with Gasteiger partial charge in [0.05, 0.1) is 5.69 Å². The van der Waals surface area contributed by atoms with Crippen molar-refractivity contribution in [3.8, 4) is 0 Å². The number of nitrogens with two attached hydrogens (primary N) is 1. The highest BCUT2D eigenvalue weighted by atomic mass is 15.1. The Hall–Kier alpha value is -1.16. The molecule has 15 heavy (non-hydrogen) atoms. The Morgan fingerprint density at radius 3 is 2.73 bits per heavy atom. The van der Waals surface area contributed by atoms with Crippen LogP contribution in [0.4, 0.5) is 5.82 Å². The molecule has 1 saturated carbocycles. The summed E-state index contributed by atoms with van der Waals surface area (Å²) < 4.78 is 0. The summed E-state index contributed by atoms with van der Waals surface area (Å²) in [5, 5.41) is 3.38. The summed E-state index contributed by atoms with van der Waals surface area (Å²) in [6, 6.07) is 2.56. The minimum atomic E-state index is 0.344. The van der Waals surface area contributed by atoms with E-state index >= 15 is 0 Å². The van der Waals surface area contributed by atoms with Crippen LogP contribution in [0.25, 0.3) is 0 Å². The van der Waals surface area contributed by atoms with Crippen LogP contribution >= 0.6 is 0 Å². The number of hydrogen-bond donors (Lipinski definition) is 2. The summed E-state index contributed by atoms with van der Waals surface area (Å²) in [5.74, 6) is 2.15. The highest BCUT2D eigenvalue weighted by Gasteiger charge is 2.21. The summed E-state index contributed by atoms with van der Waals surface area (Å²) in [4.78, 5) is 8.89. The second-order valence-corrected chi connectivity index (χ2v) is 4.38. The van der Waals surface area contributed by atoms with Gasteiger partial charge in [-0.3, -0.25) is 0 Å². The van der Waals surface area contributed by atoms with Crippen LogP contribution < -0.4 is 11.1 Å². The lowest BCUT2D eigenvalue weighted by molar-refractivity contribution is 0.756. The van der Waals surface area contributed by atoms with Crippen molar-refractivity contribution < 1.29 is 0 Å². The fourth-order valence-electron chi connectivity index (χ4n) is 1.39. The highest BCUT2D eigenvalue weighted by Crippen LogP contribution is 2.24. The molecule has 4 heteroatoms. The molecule has 1 heterocycles. The first-order valence-electron chi connectivity index (χ1n) is 5.53. The van der Waals surface area contributed by atoms with Gasteiger partial charge in [-0.1, -0.05) is 13.8 Å². The van der Waals surface area contributed by atoms with E-state index in [1.807, 2.05) is 6.07 Å². The quantitative estimate of drug-likeness (QED) is 0.786. The lowest BCUT2D eigenvalue weighted by atomic mass is 10.2. The van der Waals surface area contributed by atoms with Gasteiger partial charge in [0.15, 0.2) is 0 Å². The predicted molar refractivity (Wildman–Crippen MR) is 60.7 cm³/mol. The Kier molecular flexibility index (Phi) is 2.86. The van der Waals surface area contributed by atoms with E-state index in [2.05, 4.69) is 29.1 Å². The Labute approximate surface area is 90.3 Å². The molecule has 0 bridgehead atoms. The van der Waals surface area contributed by atoms with Crippen molar-refractivity contribution in [2.24, 2.45) is 5.73 Å². The van der Waals surface area contributed by atoms with Gasteiger partial charge in [-0.2, -0.15) is 0 Å². The van der Waals surface area contributed by atoms with Gasteiger partial charge in [0.1, 0.15) is 11.6 Å². The molecular weight excluding hydrogens is 188 g/mol. The number of rotatable bonds is 4. The van der Waals surface area contributed by atoms with E-state index in [0.29, 0.717) is 18.5 Å². The third kappa shape index (κ3) is 2.65. The molecule has 0 aliphatic heterocycles. The minimum Gasteiger partial charge on any atom is -0.367 e. The van der Waals surface area contributed by atoms with Crippen molar-refractivity contribution in [1.29, 1.82) is 0 Å². The summed E-state index contributed by atoms with van der Waals surface area (Å²) >= 11 is 0. The van der Waals surface area contributed by atoms with Gasteiger partial charge in [-0.25, -0.2) is 9.97 Å². The van der Waals surface area contributed by atoms with E-state index in [0.717, 1.165) is 17.3 Å². The zero-order valence-electron chi connectivity index (χ0n) is 9.33. The number of nitrogens with one attached hydrogen (secondary N) is 1. The first kappa shape index (κ1) is 10.4. The van der Waals surface area contributed by atoms with Crippen molar-refractivity contribution in [2.45, 2.75) is 45.2 Å². The van der Waals surface area contributed by atoms with Gasteiger partial charge in [0.25, 0.3) is 0 Å². The smallest absolute Gasteiger partial charge is 0.133 e. The molecule has 1 aliphatic carbocycles.